The van der Waals surface area contributed by atoms with Crippen LogP contribution in [0.25, 0.3) is 22.0 Å². The normalized spacial score (nSPS) is 15.4. The molecule has 1 aromatic heterocycles. The second-order valence-corrected chi connectivity index (χ2v) is 12.7. The largest absolute Gasteiger partial charge is 0.318 e. The van der Waals surface area contributed by atoms with Gasteiger partial charge in [0.05, 0.1) is 5.69 Å². The summed E-state index contributed by atoms with van der Waals surface area (Å²) in [7, 11) is -2.54. The predicted molar refractivity (Wildman–Crippen MR) is 117 cm³/mol. The van der Waals surface area contributed by atoms with Gasteiger partial charge in [-0.3, -0.25) is 4.98 Å². The van der Waals surface area contributed by atoms with Gasteiger partial charge in [-0.15, -0.1) is 0 Å². The number of fused-ring (bicyclic) bond motifs is 2. The van der Waals surface area contributed by atoms with E-state index in [1.165, 1.54) is 22.1 Å². The van der Waals surface area contributed by atoms with Crippen molar-refractivity contribution in [3.63, 3.8) is 0 Å². The van der Waals surface area contributed by atoms with Crippen LogP contribution in [0, 0.1) is 0 Å². The standard InChI is InChI=1S/C24H28NOP/c1-15(2)27(26,16(3)4)21-12-11-20-22-18(21)13-14-25-23(22)17-9-7-8-10-19(17)24(20,5)6/h7-16H,1-6H3. The summed E-state index contributed by atoms with van der Waals surface area (Å²) in [6.45, 7) is 12.9. The summed E-state index contributed by atoms with van der Waals surface area (Å²) < 4.78 is 14.1. The second-order valence-electron chi connectivity index (χ2n) is 8.78. The summed E-state index contributed by atoms with van der Waals surface area (Å²) in [5, 5.41) is 3.32. The molecule has 2 nitrogen and oxygen atoms in total. The van der Waals surface area contributed by atoms with E-state index in [1.807, 2.05) is 6.20 Å². The fourth-order valence-corrected chi connectivity index (χ4v) is 8.02. The van der Waals surface area contributed by atoms with Crippen molar-refractivity contribution in [1.82, 2.24) is 4.98 Å². The zero-order valence-electron chi connectivity index (χ0n) is 17.1. The summed E-state index contributed by atoms with van der Waals surface area (Å²) in [6.07, 6.45) is 1.88. The van der Waals surface area contributed by atoms with Crippen molar-refractivity contribution in [2.75, 3.05) is 0 Å². The van der Waals surface area contributed by atoms with E-state index in [4.69, 9.17) is 4.98 Å². The number of aromatic nitrogens is 1. The van der Waals surface area contributed by atoms with Crippen LogP contribution in [-0.4, -0.2) is 16.3 Å². The molecule has 0 aliphatic heterocycles. The molecule has 3 aromatic rings. The first-order valence-corrected chi connectivity index (χ1v) is 11.7. The summed E-state index contributed by atoms with van der Waals surface area (Å²) >= 11 is 0. The molecule has 1 aliphatic rings. The van der Waals surface area contributed by atoms with E-state index in [-0.39, 0.29) is 16.7 Å². The molecule has 0 fully saturated rings. The molecular weight excluding hydrogens is 349 g/mol. The molecule has 140 valence electrons. The first kappa shape index (κ1) is 18.4. The highest BCUT2D eigenvalue weighted by molar-refractivity contribution is 7.73. The Morgan fingerprint density at radius 1 is 0.889 bits per heavy atom. The Bertz CT molecular complexity index is 1080. The van der Waals surface area contributed by atoms with Gasteiger partial charge in [-0.2, -0.15) is 0 Å². The third-order valence-corrected chi connectivity index (χ3v) is 10.6. The van der Waals surface area contributed by atoms with Gasteiger partial charge in [0.2, 0.25) is 0 Å². The fourth-order valence-electron chi connectivity index (χ4n) is 4.85. The first-order chi connectivity index (χ1) is 12.7. The molecule has 4 rings (SSSR count). The van der Waals surface area contributed by atoms with E-state index in [1.54, 1.807) is 0 Å². The maximum atomic E-state index is 14.1. The quantitative estimate of drug-likeness (QED) is 0.498. The van der Waals surface area contributed by atoms with Crippen molar-refractivity contribution >= 4 is 23.2 Å². The minimum Gasteiger partial charge on any atom is -0.318 e. The SMILES string of the molecule is CC(C)P(=O)(c1ccc2c3c(nccc13)-c1ccccc1C2(C)C)C(C)C. The first-order valence-electron chi connectivity index (χ1n) is 9.82. The second kappa shape index (κ2) is 6.04. The van der Waals surface area contributed by atoms with Crippen molar-refractivity contribution in [2.24, 2.45) is 0 Å². The van der Waals surface area contributed by atoms with Crippen LogP contribution in [0.5, 0.6) is 0 Å². The number of benzene rings is 2. The van der Waals surface area contributed by atoms with Gasteiger partial charge in [-0.25, -0.2) is 0 Å². The minimum atomic E-state index is -2.54. The minimum absolute atomic E-state index is 0.108. The number of rotatable bonds is 3. The van der Waals surface area contributed by atoms with Crippen molar-refractivity contribution in [1.29, 1.82) is 0 Å². The molecule has 0 spiro atoms. The molecular formula is C24H28NOP. The molecule has 27 heavy (non-hydrogen) atoms. The van der Waals surface area contributed by atoms with E-state index < -0.39 is 7.14 Å². The lowest BCUT2D eigenvalue weighted by molar-refractivity contribution is 0.569. The van der Waals surface area contributed by atoms with E-state index in [0.717, 1.165) is 16.4 Å². The van der Waals surface area contributed by atoms with Gasteiger partial charge in [-0.05, 0) is 22.6 Å². The summed E-state index contributed by atoms with van der Waals surface area (Å²) in [5.74, 6) is 0. The maximum Gasteiger partial charge on any atom is 0.121 e. The zero-order chi connectivity index (χ0) is 19.6. The van der Waals surface area contributed by atoms with E-state index in [9.17, 15) is 4.57 Å². The van der Waals surface area contributed by atoms with E-state index in [0.29, 0.717) is 0 Å². The Balaban J connectivity index is 2.17. The van der Waals surface area contributed by atoms with Gasteiger partial charge in [0.25, 0.3) is 0 Å². The van der Waals surface area contributed by atoms with E-state index >= 15 is 0 Å². The van der Waals surface area contributed by atoms with Crippen LogP contribution in [-0.2, 0) is 9.98 Å². The lowest BCUT2D eigenvalue weighted by Gasteiger charge is -2.36. The Labute approximate surface area is 162 Å². The van der Waals surface area contributed by atoms with Crippen molar-refractivity contribution in [3.05, 3.63) is 59.8 Å². The van der Waals surface area contributed by atoms with Crippen molar-refractivity contribution in [3.8, 4) is 11.3 Å². The van der Waals surface area contributed by atoms with E-state index in [2.05, 4.69) is 84.0 Å². The predicted octanol–water partition coefficient (Wildman–Crippen LogP) is 6.35. The third-order valence-electron chi connectivity index (χ3n) is 6.34. The van der Waals surface area contributed by atoms with Crippen molar-refractivity contribution in [2.45, 2.75) is 58.3 Å². The van der Waals surface area contributed by atoms with Gasteiger partial charge in [0.1, 0.15) is 7.14 Å². The number of nitrogens with zero attached hydrogens (tertiary/aromatic N) is 1. The Kier molecular flexibility index (Phi) is 4.13. The highest BCUT2D eigenvalue weighted by Gasteiger charge is 2.38. The molecule has 1 heterocycles. The van der Waals surface area contributed by atoms with Crippen LogP contribution in [0.3, 0.4) is 0 Å². The Hall–Kier alpha value is -1.92. The lowest BCUT2D eigenvalue weighted by atomic mass is 9.70. The number of pyridine rings is 1. The molecule has 1 aliphatic carbocycles. The fraction of sp³-hybridized carbons (Fsp3) is 0.375. The average Bonchev–Trinajstić information content (AvgIpc) is 2.64. The summed E-state index contributed by atoms with van der Waals surface area (Å²) in [4.78, 5) is 4.77. The van der Waals surface area contributed by atoms with Crippen molar-refractivity contribution < 1.29 is 4.57 Å². The van der Waals surface area contributed by atoms with Gasteiger partial charge < -0.3 is 4.57 Å². The molecule has 0 radical (unpaired) electrons. The highest BCUT2D eigenvalue weighted by Crippen LogP contribution is 2.56. The Morgan fingerprint density at radius 2 is 1.56 bits per heavy atom. The molecule has 0 amide bonds. The van der Waals surface area contributed by atoms with Crippen LogP contribution >= 0.6 is 7.14 Å². The molecule has 0 saturated heterocycles. The highest BCUT2D eigenvalue weighted by atomic mass is 31.2. The van der Waals surface area contributed by atoms with Gasteiger partial charge in [-0.1, -0.05) is 77.9 Å². The monoisotopic (exact) mass is 377 g/mol. The molecule has 0 saturated carbocycles. The molecule has 2 aromatic carbocycles. The van der Waals surface area contributed by atoms with Gasteiger partial charge in [0, 0.05) is 39.2 Å². The number of hydrogen-bond donors (Lipinski definition) is 0. The van der Waals surface area contributed by atoms with Crippen LogP contribution in [0.2, 0.25) is 0 Å². The van der Waals surface area contributed by atoms with Gasteiger partial charge >= 0.3 is 0 Å². The van der Waals surface area contributed by atoms with Crippen LogP contribution in [0.15, 0.2) is 48.7 Å². The molecule has 0 N–H and O–H groups in total. The average molecular weight is 377 g/mol. The molecule has 0 unspecified atom stereocenters. The van der Waals surface area contributed by atoms with Crippen LogP contribution in [0.1, 0.15) is 52.7 Å². The Morgan fingerprint density at radius 3 is 2.22 bits per heavy atom. The van der Waals surface area contributed by atoms with Gasteiger partial charge in [0.15, 0.2) is 0 Å². The van der Waals surface area contributed by atoms with Crippen LogP contribution < -0.4 is 5.30 Å². The zero-order valence-corrected chi connectivity index (χ0v) is 18.0. The number of hydrogen-bond acceptors (Lipinski definition) is 2. The molecule has 0 bridgehead atoms. The molecule has 0 atom stereocenters. The summed E-state index contributed by atoms with van der Waals surface area (Å²) in [5.41, 5.74) is 4.93. The smallest absolute Gasteiger partial charge is 0.121 e. The lowest BCUT2D eigenvalue weighted by Crippen LogP contribution is -2.27. The summed E-state index contributed by atoms with van der Waals surface area (Å²) in [6, 6.07) is 15.0. The topological polar surface area (TPSA) is 30.0 Å². The van der Waals surface area contributed by atoms with Crippen LogP contribution in [0.4, 0.5) is 0 Å². The third kappa shape index (κ3) is 2.39. The maximum absolute atomic E-state index is 14.1. The molecule has 3 heteroatoms.